The van der Waals surface area contributed by atoms with Crippen LogP contribution in [0.5, 0.6) is 0 Å². The summed E-state index contributed by atoms with van der Waals surface area (Å²) >= 11 is 0. The molecule has 0 spiro atoms. The zero-order chi connectivity index (χ0) is 10.1. The second-order valence-corrected chi connectivity index (χ2v) is 3.81. The summed E-state index contributed by atoms with van der Waals surface area (Å²) in [6.07, 6.45) is 2.10. The summed E-state index contributed by atoms with van der Waals surface area (Å²) in [6, 6.07) is 0.339. The number of amides is 2. The molecule has 0 unspecified atom stereocenters. The number of piperazine rings is 1. The lowest BCUT2D eigenvalue weighted by Crippen LogP contribution is -2.55. The smallest absolute Gasteiger partial charge is 0.312 e. The Morgan fingerprint density at radius 3 is 2.50 bits per heavy atom. The molecule has 78 valence electrons. The molecule has 1 saturated carbocycles. The molecule has 1 aliphatic carbocycles. The van der Waals surface area contributed by atoms with Crippen molar-refractivity contribution in [2.75, 3.05) is 26.2 Å². The fraction of sp³-hybridized carbons (Fsp3) is 0.778. The van der Waals surface area contributed by atoms with E-state index in [1.807, 2.05) is 0 Å². The first-order valence-corrected chi connectivity index (χ1v) is 5.04. The maximum Gasteiger partial charge on any atom is 0.312 e. The summed E-state index contributed by atoms with van der Waals surface area (Å²) in [5.41, 5.74) is 5.36. The van der Waals surface area contributed by atoms with E-state index in [0.717, 1.165) is 12.8 Å². The molecule has 1 saturated heterocycles. The van der Waals surface area contributed by atoms with Crippen LogP contribution in [0.3, 0.4) is 0 Å². The zero-order valence-electron chi connectivity index (χ0n) is 8.11. The highest BCUT2D eigenvalue weighted by atomic mass is 16.2. The van der Waals surface area contributed by atoms with Gasteiger partial charge in [-0.15, -0.1) is 0 Å². The van der Waals surface area contributed by atoms with Crippen LogP contribution in [0.2, 0.25) is 0 Å². The second kappa shape index (κ2) is 3.57. The van der Waals surface area contributed by atoms with E-state index in [2.05, 4.69) is 0 Å². The minimum Gasteiger partial charge on any atom is -0.331 e. The van der Waals surface area contributed by atoms with Gasteiger partial charge in [0, 0.05) is 32.2 Å². The lowest BCUT2D eigenvalue weighted by Gasteiger charge is -2.33. The Morgan fingerprint density at radius 1 is 1.21 bits per heavy atom. The van der Waals surface area contributed by atoms with Gasteiger partial charge in [-0.2, -0.15) is 0 Å². The van der Waals surface area contributed by atoms with Gasteiger partial charge in [0.1, 0.15) is 0 Å². The topological polar surface area (TPSA) is 66.6 Å². The van der Waals surface area contributed by atoms with E-state index in [-0.39, 0.29) is 11.8 Å². The molecule has 0 aromatic carbocycles. The number of nitrogens with zero attached hydrogens (tertiary/aromatic N) is 2. The molecule has 14 heavy (non-hydrogen) atoms. The van der Waals surface area contributed by atoms with Crippen molar-refractivity contribution in [1.82, 2.24) is 9.80 Å². The van der Waals surface area contributed by atoms with Crippen LogP contribution in [0.15, 0.2) is 0 Å². The normalized spacial score (nSPS) is 23.2. The lowest BCUT2D eigenvalue weighted by atomic mass is 10.3. The van der Waals surface area contributed by atoms with Crippen molar-refractivity contribution in [2.45, 2.75) is 18.9 Å². The quantitative estimate of drug-likeness (QED) is 0.577. The Kier molecular flexibility index (Phi) is 2.41. The van der Waals surface area contributed by atoms with Crippen LogP contribution in [0.4, 0.5) is 0 Å². The van der Waals surface area contributed by atoms with Gasteiger partial charge in [0.15, 0.2) is 0 Å². The molecule has 2 aliphatic rings. The van der Waals surface area contributed by atoms with Gasteiger partial charge in [0.2, 0.25) is 0 Å². The molecule has 1 heterocycles. The molecule has 5 heteroatoms. The van der Waals surface area contributed by atoms with Crippen LogP contribution in [-0.4, -0.2) is 53.8 Å². The number of rotatable bonds is 3. The van der Waals surface area contributed by atoms with Gasteiger partial charge in [0.05, 0.1) is 0 Å². The monoisotopic (exact) mass is 197 g/mol. The summed E-state index contributed by atoms with van der Waals surface area (Å²) in [5, 5.41) is 0. The number of carbonyl (C=O) groups is 2. The van der Waals surface area contributed by atoms with Crippen LogP contribution >= 0.6 is 0 Å². The maximum absolute atomic E-state index is 11.6. The summed E-state index contributed by atoms with van der Waals surface area (Å²) in [6.45, 7) is 2.22. The fourth-order valence-electron chi connectivity index (χ4n) is 1.79. The predicted octanol–water partition coefficient (Wildman–Crippen LogP) is -1.22. The lowest BCUT2D eigenvalue weighted by molar-refractivity contribution is -0.156. The molecule has 0 bridgehead atoms. The Morgan fingerprint density at radius 2 is 1.93 bits per heavy atom. The van der Waals surface area contributed by atoms with E-state index in [9.17, 15) is 9.59 Å². The molecule has 2 N–H and O–H groups in total. The number of hydrogen-bond acceptors (Lipinski definition) is 3. The first kappa shape index (κ1) is 9.45. The SMILES string of the molecule is NCCN1CCN(C2CC2)C(=O)C1=O. The molecule has 2 rings (SSSR count). The number of nitrogens with two attached hydrogens (primary N) is 1. The van der Waals surface area contributed by atoms with Gasteiger partial charge in [0.25, 0.3) is 0 Å². The second-order valence-electron chi connectivity index (χ2n) is 3.81. The van der Waals surface area contributed by atoms with E-state index < -0.39 is 0 Å². The fourth-order valence-corrected chi connectivity index (χ4v) is 1.79. The third-order valence-electron chi connectivity index (χ3n) is 2.73. The van der Waals surface area contributed by atoms with E-state index in [4.69, 9.17) is 5.73 Å². The molecule has 1 aliphatic heterocycles. The highest BCUT2D eigenvalue weighted by Crippen LogP contribution is 2.28. The summed E-state index contributed by atoms with van der Waals surface area (Å²) < 4.78 is 0. The Bertz CT molecular complexity index is 263. The number of hydrogen-bond donors (Lipinski definition) is 1. The van der Waals surface area contributed by atoms with E-state index in [1.54, 1.807) is 9.80 Å². The molecule has 0 atom stereocenters. The minimum absolute atomic E-state index is 0.339. The first-order chi connectivity index (χ1) is 6.74. The van der Waals surface area contributed by atoms with Crippen molar-refractivity contribution < 1.29 is 9.59 Å². The van der Waals surface area contributed by atoms with Crippen LogP contribution in [0.25, 0.3) is 0 Å². The van der Waals surface area contributed by atoms with E-state index in [0.29, 0.717) is 32.2 Å². The third kappa shape index (κ3) is 1.59. The average Bonchev–Trinajstić information content (AvgIpc) is 2.97. The Balaban J connectivity index is 1.99. The molecular formula is C9H15N3O2. The van der Waals surface area contributed by atoms with Crippen molar-refractivity contribution >= 4 is 11.8 Å². The molecule has 0 radical (unpaired) electrons. The third-order valence-corrected chi connectivity index (χ3v) is 2.73. The standard InChI is InChI=1S/C9H15N3O2/c10-3-4-11-5-6-12(7-1-2-7)9(14)8(11)13/h7H,1-6,10H2. The molecule has 0 aromatic heterocycles. The first-order valence-electron chi connectivity index (χ1n) is 5.04. The molecule has 0 aromatic rings. The van der Waals surface area contributed by atoms with Gasteiger partial charge in [-0.05, 0) is 12.8 Å². The summed E-state index contributed by atoms with van der Waals surface area (Å²) in [7, 11) is 0. The van der Waals surface area contributed by atoms with E-state index >= 15 is 0 Å². The van der Waals surface area contributed by atoms with Crippen LogP contribution < -0.4 is 5.73 Å². The van der Waals surface area contributed by atoms with Crippen molar-refractivity contribution in [2.24, 2.45) is 5.73 Å². The van der Waals surface area contributed by atoms with E-state index in [1.165, 1.54) is 0 Å². The van der Waals surface area contributed by atoms with Gasteiger partial charge >= 0.3 is 11.8 Å². The highest BCUT2D eigenvalue weighted by molar-refractivity contribution is 6.35. The van der Waals surface area contributed by atoms with Crippen LogP contribution in [0.1, 0.15) is 12.8 Å². The van der Waals surface area contributed by atoms with Gasteiger partial charge in [-0.25, -0.2) is 0 Å². The molecule has 5 nitrogen and oxygen atoms in total. The van der Waals surface area contributed by atoms with Gasteiger partial charge in [-0.3, -0.25) is 9.59 Å². The van der Waals surface area contributed by atoms with Crippen molar-refractivity contribution in [1.29, 1.82) is 0 Å². The summed E-state index contributed by atoms with van der Waals surface area (Å²) in [4.78, 5) is 26.4. The Hall–Kier alpha value is -1.10. The highest BCUT2D eigenvalue weighted by Gasteiger charge is 2.40. The zero-order valence-corrected chi connectivity index (χ0v) is 8.11. The van der Waals surface area contributed by atoms with Gasteiger partial charge < -0.3 is 15.5 Å². The molecule has 2 fully saturated rings. The van der Waals surface area contributed by atoms with Gasteiger partial charge in [-0.1, -0.05) is 0 Å². The predicted molar refractivity (Wildman–Crippen MR) is 50.4 cm³/mol. The Labute approximate surface area is 82.8 Å². The average molecular weight is 197 g/mol. The van der Waals surface area contributed by atoms with Crippen molar-refractivity contribution in [3.63, 3.8) is 0 Å². The molecular weight excluding hydrogens is 182 g/mol. The van der Waals surface area contributed by atoms with Crippen LogP contribution in [-0.2, 0) is 9.59 Å². The van der Waals surface area contributed by atoms with Crippen molar-refractivity contribution in [3.05, 3.63) is 0 Å². The minimum atomic E-state index is -0.381. The number of carbonyl (C=O) groups excluding carboxylic acids is 2. The summed E-state index contributed by atoms with van der Waals surface area (Å²) in [5.74, 6) is -0.721. The molecule has 2 amide bonds. The maximum atomic E-state index is 11.6. The van der Waals surface area contributed by atoms with Crippen molar-refractivity contribution in [3.8, 4) is 0 Å². The van der Waals surface area contributed by atoms with Crippen LogP contribution in [0, 0.1) is 0 Å². The largest absolute Gasteiger partial charge is 0.331 e.